The third-order valence-corrected chi connectivity index (χ3v) is 5.28. The minimum absolute atomic E-state index is 0.00880. The van der Waals surface area contributed by atoms with E-state index >= 15 is 0 Å². The Hall–Kier alpha value is -2.89. The summed E-state index contributed by atoms with van der Waals surface area (Å²) in [4.78, 5) is 27.1. The van der Waals surface area contributed by atoms with Gasteiger partial charge in [-0.05, 0) is 75.1 Å². The number of carbonyl (C=O) groups excluding carboxylic acids is 2. The van der Waals surface area contributed by atoms with Crippen LogP contribution < -0.4 is 10.1 Å². The third kappa shape index (κ3) is 6.58. The smallest absolute Gasteiger partial charge is 0.261 e. The van der Waals surface area contributed by atoms with Crippen molar-refractivity contribution in [2.24, 2.45) is 0 Å². The Morgan fingerprint density at radius 2 is 1.73 bits per heavy atom. The second-order valence-electron chi connectivity index (χ2n) is 7.68. The maximum absolute atomic E-state index is 13.3. The van der Waals surface area contributed by atoms with Gasteiger partial charge in [-0.15, -0.1) is 0 Å². The van der Waals surface area contributed by atoms with Gasteiger partial charge in [0.15, 0.2) is 6.61 Å². The molecule has 0 aliphatic rings. The van der Waals surface area contributed by atoms with E-state index in [2.05, 4.69) is 5.32 Å². The molecule has 162 valence electrons. The van der Waals surface area contributed by atoms with Crippen LogP contribution in [-0.2, 0) is 16.1 Å². The fourth-order valence-corrected chi connectivity index (χ4v) is 2.87. The molecule has 2 rings (SSSR count). The monoisotopic (exact) mass is 414 g/mol. The zero-order valence-electron chi connectivity index (χ0n) is 18.4. The molecule has 0 unspecified atom stereocenters. The van der Waals surface area contributed by atoms with Crippen molar-refractivity contribution in [2.45, 2.75) is 59.7 Å². The zero-order valence-corrected chi connectivity index (χ0v) is 18.4. The Kier molecular flexibility index (Phi) is 8.39. The maximum atomic E-state index is 13.3. The van der Waals surface area contributed by atoms with E-state index in [1.54, 1.807) is 19.1 Å². The van der Waals surface area contributed by atoms with E-state index in [-0.39, 0.29) is 36.8 Å². The van der Waals surface area contributed by atoms with Gasteiger partial charge in [-0.2, -0.15) is 0 Å². The lowest BCUT2D eigenvalue weighted by Crippen LogP contribution is -2.50. The minimum atomic E-state index is -0.695. The Labute approximate surface area is 178 Å². The van der Waals surface area contributed by atoms with Gasteiger partial charge in [-0.25, -0.2) is 4.39 Å². The van der Waals surface area contributed by atoms with Gasteiger partial charge in [0.25, 0.3) is 5.91 Å². The predicted octanol–water partition coefficient (Wildman–Crippen LogP) is 4.15. The number of halogens is 1. The van der Waals surface area contributed by atoms with E-state index in [9.17, 15) is 14.0 Å². The van der Waals surface area contributed by atoms with Crippen LogP contribution in [0.5, 0.6) is 5.75 Å². The van der Waals surface area contributed by atoms with Crippen molar-refractivity contribution in [3.8, 4) is 5.75 Å². The van der Waals surface area contributed by atoms with Crippen molar-refractivity contribution >= 4 is 11.8 Å². The van der Waals surface area contributed by atoms with Gasteiger partial charge in [-0.1, -0.05) is 25.1 Å². The molecule has 0 aliphatic carbocycles. The summed E-state index contributed by atoms with van der Waals surface area (Å²) in [6.45, 7) is 9.57. The van der Waals surface area contributed by atoms with Crippen LogP contribution in [0.25, 0.3) is 0 Å². The number of benzene rings is 2. The summed E-state index contributed by atoms with van der Waals surface area (Å²) in [6, 6.07) is 10.9. The number of nitrogens with zero attached hydrogens (tertiary/aromatic N) is 1. The van der Waals surface area contributed by atoms with Crippen LogP contribution in [0, 0.1) is 19.7 Å². The van der Waals surface area contributed by atoms with Crippen molar-refractivity contribution in [1.29, 1.82) is 0 Å². The van der Waals surface area contributed by atoms with E-state index in [1.165, 1.54) is 17.0 Å². The molecular formula is C24H31FN2O3. The molecule has 0 aliphatic heterocycles. The van der Waals surface area contributed by atoms with Crippen LogP contribution in [0.2, 0.25) is 0 Å². The second-order valence-corrected chi connectivity index (χ2v) is 7.68. The van der Waals surface area contributed by atoms with Crippen LogP contribution in [0.1, 0.15) is 43.9 Å². The molecule has 2 aromatic rings. The highest BCUT2D eigenvalue weighted by molar-refractivity contribution is 5.88. The van der Waals surface area contributed by atoms with Gasteiger partial charge in [0.05, 0.1) is 0 Å². The Morgan fingerprint density at radius 1 is 1.07 bits per heavy atom. The first kappa shape index (κ1) is 23.4. The van der Waals surface area contributed by atoms with E-state index in [1.807, 2.05) is 45.9 Å². The molecule has 0 fully saturated rings. The Morgan fingerprint density at radius 3 is 2.33 bits per heavy atom. The minimum Gasteiger partial charge on any atom is -0.484 e. The SMILES string of the molecule is CC[C@H](C)NC(=O)[C@@H](C)N(Cc1ccc(F)cc1)C(=O)COc1ccc(C)c(C)c1. The summed E-state index contributed by atoms with van der Waals surface area (Å²) in [6.07, 6.45) is 0.792. The summed E-state index contributed by atoms with van der Waals surface area (Å²) in [5.41, 5.74) is 2.95. The van der Waals surface area contributed by atoms with Crippen LogP contribution >= 0.6 is 0 Å². The molecule has 5 nitrogen and oxygen atoms in total. The molecular weight excluding hydrogens is 383 g/mol. The number of rotatable bonds is 9. The van der Waals surface area contributed by atoms with Crippen molar-refractivity contribution in [1.82, 2.24) is 10.2 Å². The molecule has 2 aromatic carbocycles. The molecule has 1 N–H and O–H groups in total. The largest absolute Gasteiger partial charge is 0.484 e. The van der Waals surface area contributed by atoms with E-state index in [0.29, 0.717) is 5.75 Å². The predicted molar refractivity (Wildman–Crippen MR) is 116 cm³/mol. The maximum Gasteiger partial charge on any atom is 0.261 e. The van der Waals surface area contributed by atoms with Crippen LogP contribution in [0.3, 0.4) is 0 Å². The number of hydrogen-bond donors (Lipinski definition) is 1. The van der Waals surface area contributed by atoms with Crippen molar-refractivity contribution in [2.75, 3.05) is 6.61 Å². The molecule has 30 heavy (non-hydrogen) atoms. The first-order valence-corrected chi connectivity index (χ1v) is 10.3. The van der Waals surface area contributed by atoms with E-state index < -0.39 is 6.04 Å². The lowest BCUT2D eigenvalue weighted by molar-refractivity contribution is -0.142. The lowest BCUT2D eigenvalue weighted by Gasteiger charge is -2.29. The fourth-order valence-electron chi connectivity index (χ4n) is 2.87. The number of amides is 2. The van der Waals surface area contributed by atoms with E-state index in [0.717, 1.165) is 23.1 Å². The second kappa shape index (κ2) is 10.8. The molecule has 0 spiro atoms. The van der Waals surface area contributed by atoms with Crippen LogP contribution in [0.15, 0.2) is 42.5 Å². The Bertz CT molecular complexity index is 867. The summed E-state index contributed by atoms with van der Waals surface area (Å²) in [5.74, 6) is -0.294. The van der Waals surface area contributed by atoms with Gasteiger partial charge < -0.3 is 15.0 Å². The average Bonchev–Trinajstić information content (AvgIpc) is 2.73. The summed E-state index contributed by atoms with van der Waals surface area (Å²) in [5, 5.41) is 2.91. The van der Waals surface area contributed by atoms with Gasteiger partial charge in [0.2, 0.25) is 5.91 Å². The van der Waals surface area contributed by atoms with Crippen LogP contribution in [0.4, 0.5) is 4.39 Å². The van der Waals surface area contributed by atoms with Gasteiger partial charge >= 0.3 is 0 Å². The van der Waals surface area contributed by atoms with Gasteiger partial charge in [0.1, 0.15) is 17.6 Å². The average molecular weight is 415 g/mol. The first-order chi connectivity index (χ1) is 14.2. The highest BCUT2D eigenvalue weighted by Gasteiger charge is 2.27. The molecule has 0 saturated heterocycles. The highest BCUT2D eigenvalue weighted by atomic mass is 19.1. The van der Waals surface area contributed by atoms with Gasteiger partial charge in [0, 0.05) is 12.6 Å². The summed E-state index contributed by atoms with van der Waals surface area (Å²) < 4.78 is 18.9. The molecule has 0 radical (unpaired) electrons. The molecule has 0 heterocycles. The first-order valence-electron chi connectivity index (χ1n) is 10.3. The van der Waals surface area contributed by atoms with Crippen molar-refractivity contribution < 1.29 is 18.7 Å². The number of hydrogen-bond acceptors (Lipinski definition) is 3. The zero-order chi connectivity index (χ0) is 22.3. The normalized spacial score (nSPS) is 12.7. The standard InChI is InChI=1S/C24H31FN2O3/c1-6-18(4)26-24(29)19(5)27(14-20-8-10-21(25)11-9-20)23(28)15-30-22-12-7-16(2)17(3)13-22/h7-13,18-19H,6,14-15H2,1-5H3,(H,26,29)/t18-,19+/m0/s1. The number of aryl methyl sites for hydroxylation is 2. The quantitative estimate of drug-likeness (QED) is 0.671. The molecule has 0 saturated carbocycles. The van der Waals surface area contributed by atoms with Crippen molar-refractivity contribution in [3.05, 3.63) is 65.0 Å². The number of nitrogens with one attached hydrogen (secondary N) is 1. The van der Waals surface area contributed by atoms with E-state index in [4.69, 9.17) is 4.74 Å². The lowest BCUT2D eigenvalue weighted by atomic mass is 10.1. The van der Waals surface area contributed by atoms with Gasteiger partial charge in [-0.3, -0.25) is 9.59 Å². The third-order valence-electron chi connectivity index (χ3n) is 5.28. The molecule has 0 aromatic heterocycles. The molecule has 6 heteroatoms. The molecule has 0 bridgehead atoms. The van der Waals surface area contributed by atoms with Crippen molar-refractivity contribution in [3.63, 3.8) is 0 Å². The number of carbonyl (C=O) groups is 2. The summed E-state index contributed by atoms with van der Waals surface area (Å²) in [7, 11) is 0. The molecule has 2 amide bonds. The summed E-state index contributed by atoms with van der Waals surface area (Å²) >= 11 is 0. The molecule has 2 atom stereocenters. The number of ether oxygens (including phenoxy) is 1. The highest BCUT2D eigenvalue weighted by Crippen LogP contribution is 2.17. The van der Waals surface area contributed by atoms with Crippen LogP contribution in [-0.4, -0.2) is 35.4 Å². The Balaban J connectivity index is 2.15. The topological polar surface area (TPSA) is 58.6 Å². The fraction of sp³-hybridized carbons (Fsp3) is 0.417.